The third-order valence-electron chi connectivity index (χ3n) is 2.91. The lowest BCUT2D eigenvalue weighted by Gasteiger charge is -2.18. The molecule has 2 rings (SSSR count). The van der Waals surface area contributed by atoms with E-state index in [1.54, 1.807) is 15.7 Å². The molecule has 0 bridgehead atoms. The summed E-state index contributed by atoms with van der Waals surface area (Å²) >= 11 is 1.43. The van der Waals surface area contributed by atoms with Crippen molar-refractivity contribution in [2.24, 2.45) is 7.05 Å². The lowest BCUT2D eigenvalue weighted by molar-refractivity contribution is 0.0748. The van der Waals surface area contributed by atoms with Crippen molar-refractivity contribution in [3.63, 3.8) is 0 Å². The number of hydrogen-bond donors (Lipinski definition) is 1. The molecule has 0 aliphatic heterocycles. The number of nitrogens with zero attached hydrogens (tertiary/aromatic N) is 3. The molecular weight excluding hydrogens is 262 g/mol. The van der Waals surface area contributed by atoms with Crippen LogP contribution in [0.5, 0.6) is 0 Å². The van der Waals surface area contributed by atoms with Crippen molar-refractivity contribution < 1.29 is 9.90 Å². The second kappa shape index (κ2) is 5.54. The minimum absolute atomic E-state index is 0.0505. The Hall–Kier alpha value is -1.66. The quantitative estimate of drug-likeness (QED) is 0.845. The van der Waals surface area contributed by atoms with E-state index in [-0.39, 0.29) is 12.5 Å². The summed E-state index contributed by atoms with van der Waals surface area (Å²) in [5, 5.41) is 14.3. The number of carbonyl (C=O) groups is 1. The fraction of sp³-hybridized carbons (Fsp3) is 0.385. The monoisotopic (exact) mass is 279 g/mol. The van der Waals surface area contributed by atoms with Crippen LogP contribution in [0.2, 0.25) is 0 Å². The largest absolute Gasteiger partial charge is 0.395 e. The van der Waals surface area contributed by atoms with E-state index in [4.69, 9.17) is 5.11 Å². The maximum Gasteiger partial charge on any atom is 0.264 e. The average molecular weight is 279 g/mol. The number of aliphatic hydroxyl groups is 1. The molecule has 0 saturated heterocycles. The van der Waals surface area contributed by atoms with E-state index >= 15 is 0 Å². The Kier molecular flexibility index (Phi) is 4.01. The molecule has 1 N–H and O–H groups in total. The third-order valence-corrected chi connectivity index (χ3v) is 4.10. The molecule has 0 spiro atoms. The van der Waals surface area contributed by atoms with E-state index in [2.05, 4.69) is 11.7 Å². The van der Waals surface area contributed by atoms with E-state index in [0.29, 0.717) is 18.0 Å². The van der Waals surface area contributed by atoms with Gasteiger partial charge in [-0.05, 0) is 13.0 Å². The number of aliphatic hydroxyl groups excluding tert-OH is 1. The Morgan fingerprint density at radius 2 is 2.42 bits per heavy atom. The molecule has 0 radical (unpaired) electrons. The third kappa shape index (κ3) is 2.54. The molecule has 0 aromatic carbocycles. The second-order valence-electron chi connectivity index (χ2n) is 4.30. The first-order valence-corrected chi connectivity index (χ1v) is 6.84. The second-order valence-corrected chi connectivity index (χ2v) is 5.33. The van der Waals surface area contributed by atoms with Crippen molar-refractivity contribution in [3.05, 3.63) is 29.3 Å². The van der Waals surface area contributed by atoms with Gasteiger partial charge in [-0.25, -0.2) is 0 Å². The molecule has 5 nitrogen and oxygen atoms in total. The Bertz CT molecular complexity index is 580. The van der Waals surface area contributed by atoms with Crippen LogP contribution in [0.4, 0.5) is 0 Å². The highest BCUT2D eigenvalue weighted by atomic mass is 32.1. The zero-order valence-corrected chi connectivity index (χ0v) is 11.9. The molecule has 0 atom stereocenters. The van der Waals surface area contributed by atoms with Crippen molar-refractivity contribution >= 4 is 27.5 Å². The summed E-state index contributed by atoms with van der Waals surface area (Å²) in [5.74, 6) is -0.0745. The zero-order valence-electron chi connectivity index (χ0n) is 11.1. The van der Waals surface area contributed by atoms with E-state index in [0.717, 1.165) is 15.9 Å². The predicted molar refractivity (Wildman–Crippen MR) is 76.5 cm³/mol. The molecule has 19 heavy (non-hydrogen) atoms. The highest BCUT2D eigenvalue weighted by molar-refractivity contribution is 7.20. The number of amides is 1. The highest BCUT2D eigenvalue weighted by Gasteiger charge is 2.19. The molecule has 6 heteroatoms. The van der Waals surface area contributed by atoms with Crippen molar-refractivity contribution in [2.75, 3.05) is 19.7 Å². The zero-order chi connectivity index (χ0) is 14.0. The summed E-state index contributed by atoms with van der Waals surface area (Å²) < 4.78 is 1.79. The van der Waals surface area contributed by atoms with Gasteiger partial charge in [-0.3, -0.25) is 9.48 Å². The molecule has 0 fully saturated rings. The van der Waals surface area contributed by atoms with Crippen LogP contribution in [0.15, 0.2) is 18.7 Å². The average Bonchev–Trinajstić information content (AvgIpc) is 2.91. The van der Waals surface area contributed by atoms with Crippen molar-refractivity contribution in [3.8, 4) is 0 Å². The number of thiophene rings is 1. The SMILES string of the molecule is C=CCN(CCO)C(=O)c1cc2c(C)nn(C)c2s1. The summed E-state index contributed by atoms with van der Waals surface area (Å²) in [4.78, 5) is 15.6. The lowest BCUT2D eigenvalue weighted by Crippen LogP contribution is -2.33. The van der Waals surface area contributed by atoms with Gasteiger partial charge >= 0.3 is 0 Å². The molecule has 2 heterocycles. The minimum Gasteiger partial charge on any atom is -0.395 e. The first kappa shape index (κ1) is 13.8. The number of hydrogen-bond acceptors (Lipinski definition) is 4. The Labute approximate surface area is 115 Å². The molecular formula is C13H17N3O2S. The van der Waals surface area contributed by atoms with Gasteiger partial charge in [-0.2, -0.15) is 5.10 Å². The summed E-state index contributed by atoms with van der Waals surface area (Å²) in [5.41, 5.74) is 0.922. The van der Waals surface area contributed by atoms with E-state index in [1.807, 2.05) is 20.0 Å². The number of aromatic nitrogens is 2. The van der Waals surface area contributed by atoms with E-state index in [9.17, 15) is 4.79 Å². The maximum atomic E-state index is 12.4. The standard InChI is InChI=1S/C13H17N3O2S/c1-4-5-16(6-7-17)12(18)11-8-10-9(2)14-15(3)13(10)19-11/h4,8,17H,1,5-7H2,2-3H3. The van der Waals surface area contributed by atoms with E-state index in [1.165, 1.54) is 11.3 Å². The first-order valence-electron chi connectivity index (χ1n) is 6.02. The molecule has 0 saturated carbocycles. The van der Waals surface area contributed by atoms with Crippen LogP contribution in [-0.2, 0) is 7.05 Å². The molecule has 0 aliphatic rings. The number of rotatable bonds is 5. The van der Waals surface area contributed by atoms with Gasteiger partial charge in [0.2, 0.25) is 0 Å². The highest BCUT2D eigenvalue weighted by Crippen LogP contribution is 2.28. The van der Waals surface area contributed by atoms with Gasteiger partial charge in [0.1, 0.15) is 4.83 Å². The number of aryl methyl sites for hydroxylation is 2. The molecule has 0 aliphatic carbocycles. The molecule has 2 aromatic rings. The van der Waals surface area contributed by atoms with Gasteiger partial charge in [-0.1, -0.05) is 6.08 Å². The van der Waals surface area contributed by atoms with Crippen LogP contribution >= 0.6 is 11.3 Å². The Balaban J connectivity index is 2.34. The fourth-order valence-electron chi connectivity index (χ4n) is 2.02. The van der Waals surface area contributed by atoms with Crippen LogP contribution in [0.1, 0.15) is 15.4 Å². The molecule has 2 aromatic heterocycles. The van der Waals surface area contributed by atoms with Crippen LogP contribution in [0, 0.1) is 6.92 Å². The summed E-state index contributed by atoms with van der Waals surface area (Å²) in [6.45, 7) is 6.26. The van der Waals surface area contributed by atoms with Gasteiger partial charge in [0, 0.05) is 25.5 Å². The van der Waals surface area contributed by atoms with Gasteiger partial charge < -0.3 is 10.0 Å². The van der Waals surface area contributed by atoms with Crippen LogP contribution < -0.4 is 0 Å². The van der Waals surface area contributed by atoms with Gasteiger partial charge in [0.05, 0.1) is 17.2 Å². The normalized spacial score (nSPS) is 10.9. The number of carbonyl (C=O) groups excluding carboxylic acids is 1. The van der Waals surface area contributed by atoms with Crippen LogP contribution in [0.25, 0.3) is 10.2 Å². The van der Waals surface area contributed by atoms with Crippen LogP contribution in [-0.4, -0.2) is 45.4 Å². The summed E-state index contributed by atoms with van der Waals surface area (Å²) in [6.07, 6.45) is 1.66. The molecule has 0 unspecified atom stereocenters. The first-order chi connectivity index (χ1) is 9.08. The van der Waals surface area contributed by atoms with E-state index < -0.39 is 0 Å². The van der Waals surface area contributed by atoms with Crippen molar-refractivity contribution in [1.29, 1.82) is 0 Å². The van der Waals surface area contributed by atoms with Crippen molar-refractivity contribution in [2.45, 2.75) is 6.92 Å². The Morgan fingerprint density at radius 1 is 1.68 bits per heavy atom. The van der Waals surface area contributed by atoms with Crippen LogP contribution in [0.3, 0.4) is 0 Å². The maximum absolute atomic E-state index is 12.4. The topological polar surface area (TPSA) is 58.4 Å². The molecule has 102 valence electrons. The summed E-state index contributed by atoms with van der Waals surface area (Å²) in [7, 11) is 1.87. The summed E-state index contributed by atoms with van der Waals surface area (Å²) in [6, 6.07) is 1.87. The molecule has 1 amide bonds. The van der Waals surface area contributed by atoms with Gasteiger partial charge in [0.25, 0.3) is 5.91 Å². The minimum atomic E-state index is -0.0745. The number of fused-ring (bicyclic) bond motifs is 1. The van der Waals surface area contributed by atoms with Gasteiger partial charge in [-0.15, -0.1) is 17.9 Å². The Morgan fingerprint density at radius 3 is 3.00 bits per heavy atom. The fourth-order valence-corrected chi connectivity index (χ4v) is 3.11. The lowest BCUT2D eigenvalue weighted by atomic mass is 10.3. The predicted octanol–water partition coefficient (Wildman–Crippen LogP) is 1.56. The smallest absolute Gasteiger partial charge is 0.264 e. The van der Waals surface area contributed by atoms with Crippen molar-refractivity contribution in [1.82, 2.24) is 14.7 Å². The van der Waals surface area contributed by atoms with Gasteiger partial charge in [0.15, 0.2) is 0 Å².